The van der Waals surface area contributed by atoms with Gasteiger partial charge in [0.1, 0.15) is 11.3 Å². The molecule has 1 aromatic carbocycles. The van der Waals surface area contributed by atoms with Crippen LogP contribution in [0.15, 0.2) is 24.3 Å². The number of nitrogens with zero attached hydrogens (tertiary/aromatic N) is 1. The molecule has 0 unspecified atom stereocenters. The second kappa shape index (κ2) is 4.33. The summed E-state index contributed by atoms with van der Waals surface area (Å²) in [5, 5.41) is 7.40. The second-order valence-corrected chi connectivity index (χ2v) is 3.75. The minimum Gasteiger partial charge on any atom is -0.398 e. The van der Waals surface area contributed by atoms with Gasteiger partial charge in [0.2, 0.25) is 0 Å². The van der Waals surface area contributed by atoms with Gasteiger partial charge in [-0.05, 0) is 18.2 Å². The number of benzene rings is 1. The summed E-state index contributed by atoms with van der Waals surface area (Å²) in [6.07, 6.45) is 2.28. The summed E-state index contributed by atoms with van der Waals surface area (Å²) >= 11 is 0. The van der Waals surface area contributed by atoms with Gasteiger partial charge in [0.05, 0.1) is 0 Å². The van der Waals surface area contributed by atoms with Crippen LogP contribution in [0, 0.1) is 11.2 Å². The first-order chi connectivity index (χ1) is 8.54. The summed E-state index contributed by atoms with van der Waals surface area (Å²) in [4.78, 5) is 3.92. The van der Waals surface area contributed by atoms with Gasteiger partial charge in [0, 0.05) is 34.6 Å². The Morgan fingerprint density at radius 2 is 2.06 bits per heavy atom. The third-order valence-corrected chi connectivity index (χ3v) is 2.55. The van der Waals surface area contributed by atoms with Gasteiger partial charge in [0.25, 0.3) is 0 Å². The van der Waals surface area contributed by atoms with Crippen molar-refractivity contribution in [2.45, 2.75) is 0 Å². The fourth-order valence-electron chi connectivity index (χ4n) is 1.71. The van der Waals surface area contributed by atoms with Crippen LogP contribution in [0.25, 0.3) is 16.6 Å². The minimum absolute atomic E-state index is 0.0753. The van der Waals surface area contributed by atoms with E-state index in [0.717, 1.165) is 6.21 Å². The molecule has 6 heteroatoms. The Morgan fingerprint density at radius 3 is 2.72 bits per heavy atom. The molecule has 0 aliphatic rings. The number of rotatable bonds is 2. The number of nitrogens with two attached hydrogens (primary N) is 3. The molecule has 0 amide bonds. The Morgan fingerprint density at radius 1 is 1.33 bits per heavy atom. The smallest absolute Gasteiger partial charge is 0.158 e. The molecule has 0 saturated carbocycles. The van der Waals surface area contributed by atoms with Crippen molar-refractivity contribution < 1.29 is 4.39 Å². The highest BCUT2D eigenvalue weighted by Gasteiger charge is 2.12. The number of pyridine rings is 1. The summed E-state index contributed by atoms with van der Waals surface area (Å²) in [6.45, 7) is 0. The van der Waals surface area contributed by atoms with Crippen molar-refractivity contribution in [1.82, 2.24) is 4.98 Å². The molecular formula is C12H12FN5. The fourth-order valence-corrected chi connectivity index (χ4v) is 1.71. The molecule has 0 aliphatic heterocycles. The molecule has 0 spiro atoms. The average Bonchev–Trinajstić information content (AvgIpc) is 2.30. The molecule has 0 atom stereocenters. The van der Waals surface area contributed by atoms with Gasteiger partial charge < -0.3 is 22.6 Å². The topological polar surface area (TPSA) is 115 Å². The predicted molar refractivity (Wildman–Crippen MR) is 71.5 cm³/mol. The predicted octanol–water partition coefficient (Wildman–Crippen LogP) is 1.49. The first-order valence-corrected chi connectivity index (χ1v) is 5.15. The Labute approximate surface area is 103 Å². The van der Waals surface area contributed by atoms with E-state index in [2.05, 4.69) is 4.98 Å². The largest absolute Gasteiger partial charge is 0.398 e. The summed E-state index contributed by atoms with van der Waals surface area (Å²) in [5.74, 6) is -0.451. The van der Waals surface area contributed by atoms with Gasteiger partial charge in [-0.1, -0.05) is 0 Å². The third kappa shape index (κ3) is 1.84. The van der Waals surface area contributed by atoms with Crippen molar-refractivity contribution >= 4 is 34.3 Å². The van der Waals surface area contributed by atoms with Gasteiger partial charge in [-0.3, -0.25) is 0 Å². The molecule has 2 rings (SSSR count). The summed E-state index contributed by atoms with van der Waals surface area (Å²) in [5.41, 5.74) is 17.7. The van der Waals surface area contributed by atoms with Gasteiger partial charge >= 0.3 is 0 Å². The molecule has 18 heavy (non-hydrogen) atoms. The Bertz CT molecular complexity index is 663. The Hall–Kier alpha value is -2.63. The maximum absolute atomic E-state index is 14.2. The lowest BCUT2D eigenvalue weighted by Gasteiger charge is -2.08. The lowest BCUT2D eigenvalue weighted by molar-refractivity contribution is 0.633. The average molecular weight is 245 g/mol. The fraction of sp³-hybridized carbons (Fsp3) is 0. The quantitative estimate of drug-likeness (QED) is 0.600. The summed E-state index contributed by atoms with van der Waals surface area (Å²) < 4.78 is 14.2. The lowest BCUT2D eigenvalue weighted by Crippen LogP contribution is -2.03. The molecule has 0 bridgehead atoms. The van der Waals surface area contributed by atoms with E-state index in [0.29, 0.717) is 11.1 Å². The van der Waals surface area contributed by atoms with Gasteiger partial charge in [0.15, 0.2) is 5.82 Å². The van der Waals surface area contributed by atoms with Crippen LogP contribution in [-0.2, 0) is 0 Å². The van der Waals surface area contributed by atoms with Crippen molar-refractivity contribution in [3.8, 4) is 0 Å². The number of anilines is 2. The number of halogens is 1. The number of nitrogens with one attached hydrogen (secondary N) is 1. The van der Waals surface area contributed by atoms with Crippen molar-refractivity contribution in [2.24, 2.45) is 5.73 Å². The van der Waals surface area contributed by atoms with E-state index in [1.54, 1.807) is 6.07 Å². The van der Waals surface area contributed by atoms with Crippen LogP contribution in [0.4, 0.5) is 15.9 Å². The molecule has 7 N–H and O–H groups in total. The number of aromatic nitrogens is 1. The van der Waals surface area contributed by atoms with E-state index in [-0.39, 0.29) is 22.6 Å². The van der Waals surface area contributed by atoms with Crippen molar-refractivity contribution in [3.63, 3.8) is 0 Å². The standard InChI is InChI=1S/C12H12FN5/c13-11-6(8(15)3-4-14)1-2-7-9(16)5-10(17)18-12(7)11/h1-5,14H,15H2,(H4,16,17,18)/b8-3-,14-4?. The monoisotopic (exact) mass is 245 g/mol. The van der Waals surface area contributed by atoms with Crippen LogP contribution in [-0.4, -0.2) is 11.2 Å². The van der Waals surface area contributed by atoms with E-state index in [1.807, 2.05) is 0 Å². The molecule has 0 radical (unpaired) electrons. The summed E-state index contributed by atoms with van der Waals surface area (Å²) in [7, 11) is 0. The number of hydrogen-bond donors (Lipinski definition) is 4. The maximum Gasteiger partial charge on any atom is 0.158 e. The summed E-state index contributed by atoms with van der Waals surface area (Å²) in [6, 6.07) is 4.60. The van der Waals surface area contributed by atoms with Gasteiger partial charge in [-0.2, -0.15) is 0 Å². The van der Waals surface area contributed by atoms with E-state index in [4.69, 9.17) is 22.6 Å². The van der Waals surface area contributed by atoms with Crippen molar-refractivity contribution in [3.05, 3.63) is 35.7 Å². The molecule has 0 aliphatic carbocycles. The highest BCUT2D eigenvalue weighted by molar-refractivity contribution is 5.94. The third-order valence-electron chi connectivity index (χ3n) is 2.55. The SMILES string of the molecule is N=C/C=C(\N)c1ccc2c(N)cc(N)nc2c1F. The van der Waals surface area contributed by atoms with Crippen LogP contribution in [0.3, 0.4) is 0 Å². The normalized spacial score (nSPS) is 11.7. The lowest BCUT2D eigenvalue weighted by atomic mass is 10.1. The maximum atomic E-state index is 14.2. The van der Waals surface area contributed by atoms with E-state index in [1.165, 1.54) is 18.2 Å². The van der Waals surface area contributed by atoms with Crippen LogP contribution < -0.4 is 17.2 Å². The van der Waals surface area contributed by atoms with Gasteiger partial charge in [-0.25, -0.2) is 9.37 Å². The van der Waals surface area contributed by atoms with E-state index < -0.39 is 5.82 Å². The minimum atomic E-state index is -0.595. The molecule has 2 aromatic rings. The molecule has 92 valence electrons. The Balaban J connectivity index is 2.79. The first kappa shape index (κ1) is 11.8. The first-order valence-electron chi connectivity index (χ1n) is 5.15. The second-order valence-electron chi connectivity index (χ2n) is 3.75. The molecule has 0 fully saturated rings. The zero-order valence-electron chi connectivity index (χ0n) is 9.44. The zero-order valence-corrected chi connectivity index (χ0v) is 9.44. The molecule has 5 nitrogen and oxygen atoms in total. The van der Waals surface area contributed by atoms with E-state index >= 15 is 0 Å². The van der Waals surface area contributed by atoms with Gasteiger partial charge in [-0.15, -0.1) is 0 Å². The molecular weight excluding hydrogens is 233 g/mol. The zero-order chi connectivity index (χ0) is 13.3. The Kier molecular flexibility index (Phi) is 2.85. The molecule has 1 aromatic heterocycles. The highest BCUT2D eigenvalue weighted by Crippen LogP contribution is 2.27. The highest BCUT2D eigenvalue weighted by atomic mass is 19.1. The number of hydrogen-bond acceptors (Lipinski definition) is 5. The molecule has 0 saturated heterocycles. The van der Waals surface area contributed by atoms with Crippen LogP contribution >= 0.6 is 0 Å². The number of nitrogen functional groups attached to an aromatic ring is 2. The van der Waals surface area contributed by atoms with Crippen molar-refractivity contribution in [1.29, 1.82) is 5.41 Å². The van der Waals surface area contributed by atoms with Crippen LogP contribution in [0.5, 0.6) is 0 Å². The molecule has 1 heterocycles. The number of allylic oxidation sites excluding steroid dienone is 1. The van der Waals surface area contributed by atoms with E-state index in [9.17, 15) is 4.39 Å². The number of fused-ring (bicyclic) bond motifs is 1. The van der Waals surface area contributed by atoms with Crippen LogP contribution in [0.1, 0.15) is 5.56 Å². The van der Waals surface area contributed by atoms with Crippen molar-refractivity contribution in [2.75, 3.05) is 11.5 Å². The van der Waals surface area contributed by atoms with Crippen LogP contribution in [0.2, 0.25) is 0 Å².